The quantitative estimate of drug-likeness (QED) is 0.628. The molecular formula is C8H16N2O3S. The number of carbonyl (C=O) groups excluding carboxylic acids is 1. The Morgan fingerprint density at radius 3 is 2.50 bits per heavy atom. The van der Waals surface area contributed by atoms with Crippen molar-refractivity contribution < 1.29 is 13.2 Å². The van der Waals surface area contributed by atoms with Gasteiger partial charge in [0, 0.05) is 18.8 Å². The summed E-state index contributed by atoms with van der Waals surface area (Å²) >= 11 is 0. The third kappa shape index (κ3) is 4.06. The summed E-state index contributed by atoms with van der Waals surface area (Å²) in [5.41, 5.74) is 5.57. The molecule has 0 bridgehead atoms. The number of rotatable bonds is 4. The van der Waals surface area contributed by atoms with Crippen molar-refractivity contribution in [2.24, 2.45) is 11.7 Å². The average Bonchev–Trinajstić information content (AvgIpc) is 1.92. The fourth-order valence-electron chi connectivity index (χ4n) is 1.50. The molecule has 0 unspecified atom stereocenters. The topological polar surface area (TPSA) is 89.3 Å². The summed E-state index contributed by atoms with van der Waals surface area (Å²) in [6.07, 6.45) is 2.88. The molecule has 14 heavy (non-hydrogen) atoms. The molecule has 82 valence electrons. The standard InChI is InChI=1S/C8H16N2O3S/c1-14(12,13)5-8(11)10-4-6-2-7(9)3-6/h6-7H,2-5,9H2,1H3,(H,10,11). The summed E-state index contributed by atoms with van der Waals surface area (Å²) in [7, 11) is -3.21. The molecule has 0 heterocycles. The van der Waals surface area contributed by atoms with Crippen LogP contribution in [0, 0.1) is 5.92 Å². The predicted octanol–water partition coefficient (Wildman–Crippen LogP) is -1.12. The van der Waals surface area contributed by atoms with E-state index in [9.17, 15) is 13.2 Å². The first-order chi connectivity index (χ1) is 6.37. The van der Waals surface area contributed by atoms with Gasteiger partial charge in [-0.2, -0.15) is 0 Å². The molecule has 0 spiro atoms. The van der Waals surface area contributed by atoms with E-state index in [1.54, 1.807) is 0 Å². The van der Waals surface area contributed by atoms with Crippen LogP contribution in [-0.2, 0) is 14.6 Å². The fourth-order valence-corrected chi connectivity index (χ4v) is 2.08. The van der Waals surface area contributed by atoms with Gasteiger partial charge < -0.3 is 11.1 Å². The third-order valence-corrected chi connectivity index (χ3v) is 3.04. The van der Waals surface area contributed by atoms with Crippen LogP contribution in [0.4, 0.5) is 0 Å². The summed E-state index contributed by atoms with van der Waals surface area (Å²) < 4.78 is 21.5. The van der Waals surface area contributed by atoms with Crippen LogP contribution < -0.4 is 11.1 Å². The van der Waals surface area contributed by atoms with Gasteiger partial charge in [0.1, 0.15) is 5.75 Å². The fraction of sp³-hybridized carbons (Fsp3) is 0.875. The van der Waals surface area contributed by atoms with Crippen molar-refractivity contribution in [3.63, 3.8) is 0 Å². The number of hydrogen-bond acceptors (Lipinski definition) is 4. The molecule has 1 fully saturated rings. The SMILES string of the molecule is CS(=O)(=O)CC(=O)NCC1CC(N)C1. The molecule has 0 saturated heterocycles. The monoisotopic (exact) mass is 220 g/mol. The van der Waals surface area contributed by atoms with E-state index in [1.807, 2.05) is 0 Å². The Morgan fingerprint density at radius 1 is 1.50 bits per heavy atom. The van der Waals surface area contributed by atoms with Gasteiger partial charge in [0.2, 0.25) is 5.91 Å². The molecule has 0 aliphatic heterocycles. The maximum Gasteiger partial charge on any atom is 0.235 e. The van der Waals surface area contributed by atoms with Crippen molar-refractivity contribution in [1.82, 2.24) is 5.32 Å². The van der Waals surface area contributed by atoms with Crippen molar-refractivity contribution in [1.29, 1.82) is 0 Å². The molecule has 0 aromatic rings. The number of hydrogen-bond donors (Lipinski definition) is 2. The molecule has 1 aliphatic rings. The molecule has 0 atom stereocenters. The second-order valence-corrected chi connectivity index (χ2v) is 6.11. The minimum absolute atomic E-state index is 0.256. The Balaban J connectivity index is 2.16. The summed E-state index contributed by atoms with van der Waals surface area (Å²) in [6, 6.07) is 0.256. The second-order valence-electron chi connectivity index (χ2n) is 3.97. The predicted molar refractivity (Wildman–Crippen MR) is 53.4 cm³/mol. The van der Waals surface area contributed by atoms with Gasteiger partial charge in [0.15, 0.2) is 9.84 Å². The maximum absolute atomic E-state index is 11.1. The lowest BCUT2D eigenvalue weighted by atomic mass is 9.81. The van der Waals surface area contributed by atoms with E-state index in [0.717, 1.165) is 19.1 Å². The lowest BCUT2D eigenvalue weighted by molar-refractivity contribution is -0.118. The number of sulfone groups is 1. The first-order valence-corrected chi connectivity index (χ1v) is 6.63. The lowest BCUT2D eigenvalue weighted by Gasteiger charge is -2.32. The van der Waals surface area contributed by atoms with Crippen molar-refractivity contribution in [3.05, 3.63) is 0 Å². The Kier molecular flexibility index (Phi) is 3.49. The first kappa shape index (κ1) is 11.5. The minimum atomic E-state index is -3.21. The van der Waals surface area contributed by atoms with E-state index in [1.165, 1.54) is 0 Å². The van der Waals surface area contributed by atoms with Crippen molar-refractivity contribution in [3.8, 4) is 0 Å². The van der Waals surface area contributed by atoms with Crippen LogP contribution in [0.25, 0.3) is 0 Å². The first-order valence-electron chi connectivity index (χ1n) is 4.57. The maximum atomic E-state index is 11.1. The molecule has 0 radical (unpaired) electrons. The summed E-state index contributed by atoms with van der Waals surface area (Å²) in [5.74, 6) is -0.423. The highest BCUT2D eigenvalue weighted by Crippen LogP contribution is 2.24. The minimum Gasteiger partial charge on any atom is -0.355 e. The number of nitrogens with one attached hydrogen (secondary N) is 1. The molecule has 1 saturated carbocycles. The highest BCUT2D eigenvalue weighted by atomic mass is 32.2. The Bertz CT molecular complexity index is 307. The van der Waals surface area contributed by atoms with Crippen molar-refractivity contribution in [2.45, 2.75) is 18.9 Å². The van der Waals surface area contributed by atoms with Gasteiger partial charge in [-0.05, 0) is 18.8 Å². The zero-order valence-electron chi connectivity index (χ0n) is 8.19. The Labute approximate surface area is 84.0 Å². The van der Waals surface area contributed by atoms with Gasteiger partial charge in [-0.15, -0.1) is 0 Å². The molecule has 5 nitrogen and oxygen atoms in total. The summed E-state index contributed by atoms with van der Waals surface area (Å²) in [5, 5.41) is 2.59. The lowest BCUT2D eigenvalue weighted by Crippen LogP contribution is -2.43. The van der Waals surface area contributed by atoms with E-state index in [2.05, 4.69) is 5.32 Å². The zero-order chi connectivity index (χ0) is 10.8. The molecule has 3 N–H and O–H groups in total. The van der Waals surface area contributed by atoms with Crippen LogP contribution in [0.1, 0.15) is 12.8 Å². The Hall–Kier alpha value is -0.620. The second kappa shape index (κ2) is 4.27. The van der Waals surface area contributed by atoms with Crippen LogP contribution >= 0.6 is 0 Å². The van der Waals surface area contributed by atoms with Crippen LogP contribution in [0.3, 0.4) is 0 Å². The van der Waals surface area contributed by atoms with E-state index in [-0.39, 0.29) is 6.04 Å². The van der Waals surface area contributed by atoms with Crippen LogP contribution in [0.5, 0.6) is 0 Å². The molecule has 1 amide bonds. The van der Waals surface area contributed by atoms with Gasteiger partial charge >= 0.3 is 0 Å². The van der Waals surface area contributed by atoms with E-state index in [4.69, 9.17) is 5.73 Å². The van der Waals surface area contributed by atoms with Gasteiger partial charge in [-0.3, -0.25) is 4.79 Å². The van der Waals surface area contributed by atoms with Gasteiger partial charge in [-0.25, -0.2) is 8.42 Å². The normalized spacial score (nSPS) is 26.7. The number of carbonyl (C=O) groups is 1. The van der Waals surface area contributed by atoms with Gasteiger partial charge in [0.05, 0.1) is 0 Å². The number of nitrogens with two attached hydrogens (primary N) is 1. The van der Waals surface area contributed by atoms with Crippen molar-refractivity contribution >= 4 is 15.7 Å². The Morgan fingerprint density at radius 2 is 2.07 bits per heavy atom. The van der Waals surface area contributed by atoms with E-state index >= 15 is 0 Å². The summed E-state index contributed by atoms with van der Waals surface area (Å²) in [6.45, 7) is 0.544. The van der Waals surface area contributed by atoms with Crippen LogP contribution in [0.2, 0.25) is 0 Å². The molecule has 6 heteroatoms. The molecule has 0 aromatic carbocycles. The summed E-state index contributed by atoms with van der Waals surface area (Å²) in [4.78, 5) is 11.1. The van der Waals surface area contributed by atoms with E-state index < -0.39 is 21.5 Å². The zero-order valence-corrected chi connectivity index (χ0v) is 9.01. The molecular weight excluding hydrogens is 204 g/mol. The van der Waals surface area contributed by atoms with Crippen molar-refractivity contribution in [2.75, 3.05) is 18.6 Å². The van der Waals surface area contributed by atoms with Crippen LogP contribution in [0.15, 0.2) is 0 Å². The molecule has 0 aromatic heterocycles. The highest BCUT2D eigenvalue weighted by molar-refractivity contribution is 7.91. The number of amides is 1. The molecule has 1 aliphatic carbocycles. The smallest absolute Gasteiger partial charge is 0.235 e. The molecule has 1 rings (SSSR count). The highest BCUT2D eigenvalue weighted by Gasteiger charge is 2.26. The third-order valence-electron chi connectivity index (χ3n) is 2.25. The van der Waals surface area contributed by atoms with Gasteiger partial charge in [-0.1, -0.05) is 0 Å². The average molecular weight is 220 g/mol. The van der Waals surface area contributed by atoms with E-state index in [0.29, 0.717) is 12.5 Å². The van der Waals surface area contributed by atoms with Gasteiger partial charge in [0.25, 0.3) is 0 Å². The largest absolute Gasteiger partial charge is 0.355 e. The van der Waals surface area contributed by atoms with Crippen LogP contribution in [-0.4, -0.2) is 38.9 Å².